The maximum absolute atomic E-state index is 6.70. The Morgan fingerprint density at radius 3 is 1.73 bits per heavy atom. The van der Waals surface area contributed by atoms with Gasteiger partial charge >= 0.3 is 0 Å². The van der Waals surface area contributed by atoms with Gasteiger partial charge in [0, 0.05) is 32.7 Å². The molecule has 2 nitrogen and oxygen atoms in total. The average molecular weight is 527 g/mol. The molecule has 0 fully saturated rings. The molecule has 8 rings (SSSR count). The van der Waals surface area contributed by atoms with Crippen LogP contribution in [0.3, 0.4) is 0 Å². The Bertz CT molecular complexity index is 2340. The molecule has 0 saturated carbocycles. The predicted octanol–water partition coefficient (Wildman–Crippen LogP) is 11.6. The standard InChI is InChI=1S/C39H26O2/c1-3-9-25-16-18-28(22-24(25)4-2)30-12-7-14-32-34-20-21-35-33-15-8-13-31(37(33)41-39(35)38(34)40-36(30)32)29-19-17-26-10-5-6-11-27(26)23-29/h3-23H,2H2,1H3/b9-3-. The van der Waals surface area contributed by atoms with Gasteiger partial charge in [-0.3, -0.25) is 0 Å². The fourth-order valence-electron chi connectivity index (χ4n) is 6.17. The monoisotopic (exact) mass is 526 g/mol. The molecule has 8 aromatic rings. The average Bonchev–Trinajstić information content (AvgIpc) is 3.60. The summed E-state index contributed by atoms with van der Waals surface area (Å²) >= 11 is 0. The van der Waals surface area contributed by atoms with Crippen LogP contribution < -0.4 is 0 Å². The number of fused-ring (bicyclic) bond motifs is 8. The highest BCUT2D eigenvalue weighted by Crippen LogP contribution is 2.43. The number of benzene rings is 6. The van der Waals surface area contributed by atoms with Crippen LogP contribution in [0.15, 0.2) is 131 Å². The zero-order chi connectivity index (χ0) is 27.5. The molecule has 0 saturated heterocycles. The molecule has 0 atom stereocenters. The van der Waals surface area contributed by atoms with Crippen molar-refractivity contribution in [2.24, 2.45) is 0 Å². The van der Waals surface area contributed by atoms with Gasteiger partial charge in [0.25, 0.3) is 0 Å². The van der Waals surface area contributed by atoms with Crippen molar-refractivity contribution in [1.82, 2.24) is 0 Å². The fourth-order valence-corrected chi connectivity index (χ4v) is 6.17. The van der Waals surface area contributed by atoms with Crippen molar-refractivity contribution < 1.29 is 8.83 Å². The van der Waals surface area contributed by atoms with Crippen molar-refractivity contribution in [3.05, 3.63) is 133 Å². The molecule has 0 bridgehead atoms. The van der Waals surface area contributed by atoms with Gasteiger partial charge in [0.05, 0.1) is 0 Å². The Morgan fingerprint density at radius 1 is 0.512 bits per heavy atom. The van der Waals surface area contributed by atoms with E-state index in [1.165, 1.54) is 10.8 Å². The van der Waals surface area contributed by atoms with Crippen molar-refractivity contribution in [3.63, 3.8) is 0 Å². The summed E-state index contributed by atoms with van der Waals surface area (Å²) in [6, 6.07) is 38.5. The van der Waals surface area contributed by atoms with E-state index in [1.807, 2.05) is 19.1 Å². The topological polar surface area (TPSA) is 26.3 Å². The third-order valence-corrected chi connectivity index (χ3v) is 8.16. The second kappa shape index (κ2) is 9.11. The van der Waals surface area contributed by atoms with Crippen molar-refractivity contribution in [2.75, 3.05) is 0 Å². The fraction of sp³-hybridized carbons (Fsp3) is 0.0256. The molecule has 0 radical (unpaired) electrons. The summed E-state index contributed by atoms with van der Waals surface area (Å²) in [5.74, 6) is 0. The Hall–Kier alpha value is -5.34. The van der Waals surface area contributed by atoms with Crippen molar-refractivity contribution >= 4 is 66.8 Å². The van der Waals surface area contributed by atoms with Crippen LogP contribution in [-0.2, 0) is 0 Å². The molecule has 2 heterocycles. The minimum atomic E-state index is 0.778. The van der Waals surface area contributed by atoms with Crippen LogP contribution in [0, 0.1) is 0 Å². The minimum absolute atomic E-state index is 0.778. The van der Waals surface area contributed by atoms with E-state index >= 15 is 0 Å². The number of hydrogen-bond donors (Lipinski definition) is 0. The maximum atomic E-state index is 6.70. The predicted molar refractivity (Wildman–Crippen MR) is 174 cm³/mol. The second-order valence-electron chi connectivity index (χ2n) is 10.5. The van der Waals surface area contributed by atoms with E-state index in [-0.39, 0.29) is 0 Å². The Kier molecular flexibility index (Phi) is 5.23. The Labute approximate surface area is 237 Å². The van der Waals surface area contributed by atoms with Gasteiger partial charge in [-0.2, -0.15) is 0 Å². The second-order valence-corrected chi connectivity index (χ2v) is 10.5. The molecule has 0 spiro atoms. The molecule has 194 valence electrons. The van der Waals surface area contributed by atoms with E-state index < -0.39 is 0 Å². The van der Waals surface area contributed by atoms with E-state index in [4.69, 9.17) is 8.83 Å². The lowest BCUT2D eigenvalue weighted by molar-refractivity contribution is 0.634. The van der Waals surface area contributed by atoms with E-state index in [1.54, 1.807) is 0 Å². The molecule has 2 aromatic heterocycles. The molecule has 0 aliphatic heterocycles. The van der Waals surface area contributed by atoms with E-state index in [0.29, 0.717) is 0 Å². The highest BCUT2D eigenvalue weighted by Gasteiger charge is 2.20. The molecule has 41 heavy (non-hydrogen) atoms. The summed E-state index contributed by atoms with van der Waals surface area (Å²) in [5, 5.41) is 6.71. The summed E-state index contributed by atoms with van der Waals surface area (Å²) in [7, 11) is 0. The van der Waals surface area contributed by atoms with Crippen LogP contribution in [0.5, 0.6) is 0 Å². The number of allylic oxidation sites excluding steroid dienone is 1. The van der Waals surface area contributed by atoms with Crippen LogP contribution in [0.4, 0.5) is 0 Å². The normalized spacial score (nSPS) is 12.0. The van der Waals surface area contributed by atoms with Gasteiger partial charge in [0.1, 0.15) is 11.2 Å². The van der Waals surface area contributed by atoms with Gasteiger partial charge in [0.2, 0.25) is 0 Å². The summed E-state index contributed by atoms with van der Waals surface area (Å²) in [5.41, 5.74) is 9.89. The molecule has 2 heteroatoms. The first-order valence-corrected chi connectivity index (χ1v) is 13.9. The number of furan rings is 2. The molecule has 0 aliphatic carbocycles. The van der Waals surface area contributed by atoms with Crippen LogP contribution in [0.2, 0.25) is 0 Å². The Morgan fingerprint density at radius 2 is 1.10 bits per heavy atom. The van der Waals surface area contributed by atoms with E-state index in [2.05, 4.69) is 122 Å². The summed E-state index contributed by atoms with van der Waals surface area (Å²) < 4.78 is 13.4. The van der Waals surface area contributed by atoms with Gasteiger partial charge in [0.15, 0.2) is 11.2 Å². The highest BCUT2D eigenvalue weighted by atomic mass is 16.4. The summed E-state index contributed by atoms with van der Waals surface area (Å²) in [4.78, 5) is 0. The lowest BCUT2D eigenvalue weighted by atomic mass is 9.97. The van der Waals surface area contributed by atoms with Gasteiger partial charge in [-0.15, -0.1) is 0 Å². The zero-order valence-corrected chi connectivity index (χ0v) is 22.6. The first kappa shape index (κ1) is 23.5. The molecule has 0 amide bonds. The number of hydrogen-bond acceptors (Lipinski definition) is 2. The molecule has 0 N–H and O–H groups in total. The van der Waals surface area contributed by atoms with E-state index in [9.17, 15) is 0 Å². The maximum Gasteiger partial charge on any atom is 0.178 e. The van der Waals surface area contributed by atoms with Crippen LogP contribution in [0.25, 0.3) is 89.1 Å². The minimum Gasteiger partial charge on any atom is -0.451 e. The molecule has 0 unspecified atom stereocenters. The smallest absolute Gasteiger partial charge is 0.178 e. The first-order chi connectivity index (χ1) is 20.2. The van der Waals surface area contributed by atoms with E-state index in [0.717, 1.165) is 77.3 Å². The first-order valence-electron chi connectivity index (χ1n) is 13.9. The molecular formula is C39H26O2. The van der Waals surface area contributed by atoms with Crippen LogP contribution in [0.1, 0.15) is 18.1 Å². The van der Waals surface area contributed by atoms with Gasteiger partial charge in [-0.1, -0.05) is 110 Å². The van der Waals surface area contributed by atoms with Crippen molar-refractivity contribution in [3.8, 4) is 22.3 Å². The summed E-state index contributed by atoms with van der Waals surface area (Å²) in [6.07, 6.45) is 6.06. The Balaban J connectivity index is 1.36. The van der Waals surface area contributed by atoms with Crippen LogP contribution >= 0.6 is 0 Å². The van der Waals surface area contributed by atoms with Gasteiger partial charge in [-0.05, 0) is 64.2 Å². The lowest BCUT2D eigenvalue weighted by Crippen LogP contribution is -1.84. The molecular weight excluding hydrogens is 500 g/mol. The van der Waals surface area contributed by atoms with Crippen molar-refractivity contribution in [1.29, 1.82) is 0 Å². The number of rotatable bonds is 4. The largest absolute Gasteiger partial charge is 0.451 e. The summed E-state index contributed by atoms with van der Waals surface area (Å²) in [6.45, 7) is 6.06. The SMILES string of the molecule is C=Cc1cc(-c2cccc3c2oc2c3ccc3c4cccc(-c5ccc6ccccc6c5)c4oc32)ccc1/C=C\C. The van der Waals surface area contributed by atoms with Crippen LogP contribution in [-0.4, -0.2) is 0 Å². The van der Waals surface area contributed by atoms with Gasteiger partial charge in [-0.25, -0.2) is 0 Å². The quantitative estimate of drug-likeness (QED) is 0.228. The lowest BCUT2D eigenvalue weighted by Gasteiger charge is -2.07. The van der Waals surface area contributed by atoms with Crippen molar-refractivity contribution in [2.45, 2.75) is 6.92 Å². The molecule has 6 aromatic carbocycles. The number of para-hydroxylation sites is 2. The third-order valence-electron chi connectivity index (χ3n) is 8.16. The highest BCUT2D eigenvalue weighted by molar-refractivity contribution is 6.21. The van der Waals surface area contributed by atoms with Gasteiger partial charge < -0.3 is 8.83 Å². The molecule has 0 aliphatic rings. The third kappa shape index (κ3) is 3.58. The zero-order valence-electron chi connectivity index (χ0n) is 22.6.